The molecule has 0 N–H and O–H groups in total. The third-order valence-electron chi connectivity index (χ3n) is 4.86. The Kier molecular flexibility index (Phi) is 6.38. The number of halogens is 4. The van der Waals surface area contributed by atoms with Crippen LogP contribution in [0.5, 0.6) is 0 Å². The highest BCUT2D eigenvalue weighted by atomic mass is 35.5. The van der Waals surface area contributed by atoms with Gasteiger partial charge in [-0.2, -0.15) is 13.2 Å². The molecule has 0 fully saturated rings. The van der Waals surface area contributed by atoms with Crippen LogP contribution in [-0.4, -0.2) is 38.9 Å². The van der Waals surface area contributed by atoms with Gasteiger partial charge in [0.1, 0.15) is 11.4 Å². The number of rotatable bonds is 4. The van der Waals surface area contributed by atoms with Gasteiger partial charge in [-0.15, -0.1) is 0 Å². The van der Waals surface area contributed by atoms with Gasteiger partial charge in [-0.05, 0) is 35.6 Å². The molecule has 3 aromatic rings. The minimum atomic E-state index is -4.73. The van der Waals surface area contributed by atoms with Crippen LogP contribution in [0.15, 0.2) is 42.9 Å². The zero-order valence-corrected chi connectivity index (χ0v) is 19.2. The largest absolute Gasteiger partial charge is 0.432 e. The molecule has 0 aliphatic heterocycles. The number of benzene rings is 1. The molecule has 0 spiro atoms. The first-order valence-electron chi connectivity index (χ1n) is 9.91. The van der Waals surface area contributed by atoms with Crippen LogP contribution in [0.3, 0.4) is 0 Å². The second-order valence-corrected chi connectivity index (χ2v) is 9.26. The van der Waals surface area contributed by atoms with E-state index >= 15 is 0 Å². The first-order valence-corrected chi connectivity index (χ1v) is 10.3. The number of nitrogens with zero attached hydrogens (tertiary/aromatic N) is 4. The van der Waals surface area contributed by atoms with Gasteiger partial charge < -0.3 is 4.90 Å². The molecule has 9 heteroatoms. The summed E-state index contributed by atoms with van der Waals surface area (Å²) in [6.45, 7) is 7.55. The number of hydrogen-bond donors (Lipinski definition) is 0. The Hall–Kier alpha value is -2.87. The smallest absolute Gasteiger partial charge is 0.340 e. The van der Waals surface area contributed by atoms with E-state index in [1.54, 1.807) is 31.3 Å². The lowest BCUT2D eigenvalue weighted by atomic mass is 9.95. The molecule has 0 aliphatic rings. The van der Waals surface area contributed by atoms with Crippen molar-refractivity contribution in [3.05, 3.63) is 64.8 Å². The van der Waals surface area contributed by atoms with E-state index in [0.717, 1.165) is 4.57 Å². The van der Waals surface area contributed by atoms with Crippen LogP contribution in [0.25, 0.3) is 16.9 Å². The summed E-state index contributed by atoms with van der Waals surface area (Å²) in [5.74, 6) is -0.634. The maximum Gasteiger partial charge on any atom is 0.432 e. The lowest BCUT2D eigenvalue weighted by Crippen LogP contribution is -2.36. The highest BCUT2D eigenvalue weighted by Crippen LogP contribution is 2.42. The van der Waals surface area contributed by atoms with Crippen molar-refractivity contribution in [1.29, 1.82) is 0 Å². The van der Waals surface area contributed by atoms with Crippen molar-refractivity contribution in [2.45, 2.75) is 33.9 Å². The molecule has 0 saturated carbocycles. The van der Waals surface area contributed by atoms with Gasteiger partial charge in [0.2, 0.25) is 0 Å². The van der Waals surface area contributed by atoms with E-state index in [9.17, 15) is 18.0 Å². The van der Waals surface area contributed by atoms with Gasteiger partial charge in [-0.1, -0.05) is 44.5 Å². The summed E-state index contributed by atoms with van der Waals surface area (Å²) in [5.41, 5.74) is -0.771. The molecule has 3 rings (SSSR count). The molecular formula is C23H24ClF3N4O. The Balaban J connectivity index is 2.40. The van der Waals surface area contributed by atoms with E-state index in [4.69, 9.17) is 11.6 Å². The predicted molar refractivity (Wildman–Crippen MR) is 118 cm³/mol. The molecule has 1 aromatic carbocycles. The first-order chi connectivity index (χ1) is 14.8. The monoisotopic (exact) mass is 464 g/mol. The summed E-state index contributed by atoms with van der Waals surface area (Å²) in [6.07, 6.45) is -0.870. The van der Waals surface area contributed by atoms with Crippen LogP contribution < -0.4 is 0 Å². The van der Waals surface area contributed by atoms with Crippen molar-refractivity contribution in [3.63, 3.8) is 0 Å². The number of carbonyl (C=O) groups excluding carboxylic acids is 1. The van der Waals surface area contributed by atoms with E-state index in [-0.39, 0.29) is 28.1 Å². The van der Waals surface area contributed by atoms with Gasteiger partial charge in [0.25, 0.3) is 5.91 Å². The first kappa shape index (κ1) is 23.8. The van der Waals surface area contributed by atoms with Crippen molar-refractivity contribution in [2.24, 2.45) is 5.41 Å². The van der Waals surface area contributed by atoms with Gasteiger partial charge >= 0.3 is 6.18 Å². The van der Waals surface area contributed by atoms with E-state index in [0.29, 0.717) is 17.1 Å². The average molecular weight is 465 g/mol. The number of aromatic nitrogens is 3. The maximum atomic E-state index is 14.3. The summed E-state index contributed by atoms with van der Waals surface area (Å²) in [4.78, 5) is 23.1. The SMILES string of the molecule is Cc1c(-c2ccc(Cl)cc2)c(C(=O)N(C)CC(C)(C)C)n(-c2cnccn2)c1C(F)(F)F. The molecule has 0 saturated heterocycles. The summed E-state index contributed by atoms with van der Waals surface area (Å²) >= 11 is 5.99. The molecule has 0 atom stereocenters. The second kappa shape index (κ2) is 8.58. The molecule has 0 aliphatic carbocycles. The highest BCUT2D eigenvalue weighted by molar-refractivity contribution is 6.30. The van der Waals surface area contributed by atoms with Crippen LogP contribution in [0.1, 0.15) is 42.5 Å². The fourth-order valence-corrected chi connectivity index (χ4v) is 3.92. The molecule has 5 nitrogen and oxygen atoms in total. The Labute approximate surface area is 189 Å². The predicted octanol–water partition coefficient (Wildman–Crippen LogP) is 6.03. The minimum Gasteiger partial charge on any atom is -0.340 e. The zero-order chi connectivity index (χ0) is 23.8. The van der Waals surface area contributed by atoms with Crippen LogP contribution in [-0.2, 0) is 6.18 Å². The molecule has 32 heavy (non-hydrogen) atoms. The van der Waals surface area contributed by atoms with Gasteiger partial charge in [0.15, 0.2) is 5.82 Å². The summed E-state index contributed by atoms with van der Waals surface area (Å²) < 4.78 is 43.7. The van der Waals surface area contributed by atoms with Crippen molar-refractivity contribution in [1.82, 2.24) is 19.4 Å². The summed E-state index contributed by atoms with van der Waals surface area (Å²) in [6, 6.07) is 6.37. The van der Waals surface area contributed by atoms with Crippen molar-refractivity contribution < 1.29 is 18.0 Å². The standard InChI is InChI=1S/C23H24ClF3N4O/c1-14-18(15-6-8-16(24)9-7-15)19(21(32)30(5)13-22(2,3)4)31(20(14)23(25,26)27)17-12-28-10-11-29-17/h6-12H,13H2,1-5H3. The van der Waals surface area contributed by atoms with Gasteiger partial charge in [-0.3, -0.25) is 14.3 Å². The molecule has 2 heterocycles. The van der Waals surface area contributed by atoms with E-state index in [1.165, 1.54) is 30.4 Å². The lowest BCUT2D eigenvalue weighted by Gasteiger charge is -2.27. The van der Waals surface area contributed by atoms with E-state index in [1.807, 2.05) is 20.8 Å². The van der Waals surface area contributed by atoms with Gasteiger partial charge in [0, 0.05) is 36.6 Å². The lowest BCUT2D eigenvalue weighted by molar-refractivity contribution is -0.142. The van der Waals surface area contributed by atoms with Crippen LogP contribution in [0.2, 0.25) is 5.02 Å². The number of hydrogen-bond acceptors (Lipinski definition) is 3. The van der Waals surface area contributed by atoms with Crippen molar-refractivity contribution in [3.8, 4) is 16.9 Å². The van der Waals surface area contributed by atoms with Crippen LogP contribution in [0.4, 0.5) is 13.2 Å². The van der Waals surface area contributed by atoms with E-state index in [2.05, 4.69) is 9.97 Å². The zero-order valence-electron chi connectivity index (χ0n) is 18.5. The molecular weight excluding hydrogens is 441 g/mol. The molecule has 1 amide bonds. The molecule has 170 valence electrons. The second-order valence-electron chi connectivity index (χ2n) is 8.82. The summed E-state index contributed by atoms with van der Waals surface area (Å²) in [7, 11) is 1.58. The minimum absolute atomic E-state index is 0.0713. The Morgan fingerprint density at radius 2 is 1.75 bits per heavy atom. The topological polar surface area (TPSA) is 51.0 Å². The number of carbonyl (C=O) groups is 1. The molecule has 0 bridgehead atoms. The van der Waals surface area contributed by atoms with Gasteiger partial charge in [0.05, 0.1) is 6.20 Å². The van der Waals surface area contributed by atoms with Crippen LogP contribution in [0, 0.1) is 12.3 Å². The van der Waals surface area contributed by atoms with E-state index < -0.39 is 17.8 Å². The molecule has 0 unspecified atom stereocenters. The fourth-order valence-electron chi connectivity index (χ4n) is 3.80. The Bertz CT molecular complexity index is 1120. The van der Waals surface area contributed by atoms with Crippen LogP contribution >= 0.6 is 11.6 Å². The third-order valence-corrected chi connectivity index (χ3v) is 5.11. The highest BCUT2D eigenvalue weighted by Gasteiger charge is 2.42. The normalized spacial score (nSPS) is 12.2. The molecule has 2 aromatic heterocycles. The van der Waals surface area contributed by atoms with Crippen molar-refractivity contribution in [2.75, 3.05) is 13.6 Å². The Morgan fingerprint density at radius 1 is 1.12 bits per heavy atom. The van der Waals surface area contributed by atoms with Gasteiger partial charge in [-0.25, -0.2) is 4.98 Å². The Morgan fingerprint density at radius 3 is 2.25 bits per heavy atom. The summed E-state index contributed by atoms with van der Waals surface area (Å²) in [5, 5.41) is 0.438. The molecule has 0 radical (unpaired) electrons. The third kappa shape index (κ3) is 4.80. The average Bonchev–Trinajstić information content (AvgIpc) is 3.00. The quantitative estimate of drug-likeness (QED) is 0.473. The number of alkyl halides is 3. The fraction of sp³-hybridized carbons (Fsp3) is 0.348. The van der Waals surface area contributed by atoms with Crippen molar-refractivity contribution >= 4 is 17.5 Å². The maximum absolute atomic E-state index is 14.3. The number of amides is 1.